The van der Waals surface area contributed by atoms with Gasteiger partial charge in [0.15, 0.2) is 0 Å². The van der Waals surface area contributed by atoms with E-state index in [-0.39, 0.29) is 5.54 Å². The number of rotatable bonds is 5. The van der Waals surface area contributed by atoms with Gasteiger partial charge in [-0.2, -0.15) is 0 Å². The predicted octanol–water partition coefficient (Wildman–Crippen LogP) is 5.98. The van der Waals surface area contributed by atoms with Crippen LogP contribution in [0.5, 0.6) is 11.6 Å². The molecule has 2 aromatic carbocycles. The minimum Gasteiger partial charge on any atom is -0.437 e. The smallest absolute Gasteiger partial charge is 0.238 e. The molecule has 3 rings (SSSR count). The molecule has 0 atom stereocenters. The van der Waals surface area contributed by atoms with E-state index in [0.717, 1.165) is 28.3 Å². The molecular weight excluding hydrogens is 372 g/mol. The topological polar surface area (TPSA) is 51.4 Å². The molecule has 0 aliphatic heterocycles. The van der Waals surface area contributed by atoms with Crippen molar-refractivity contribution in [2.75, 3.05) is 0 Å². The van der Waals surface area contributed by atoms with E-state index in [9.17, 15) is 0 Å². The summed E-state index contributed by atoms with van der Waals surface area (Å²) in [5.41, 5.74) is 3.84. The Labute approximate surface area is 171 Å². The first kappa shape index (κ1) is 20.0. The van der Waals surface area contributed by atoms with Gasteiger partial charge in [-0.15, -0.1) is 5.10 Å². The Kier molecular flexibility index (Phi) is 5.75. The Hall–Kier alpha value is -2.79. The first-order valence-electron chi connectivity index (χ1n) is 9.12. The largest absolute Gasteiger partial charge is 0.437 e. The molecule has 0 aliphatic rings. The lowest BCUT2D eigenvalue weighted by Crippen LogP contribution is -2.34. The van der Waals surface area contributed by atoms with Gasteiger partial charge in [-0.05, 0) is 82.1 Å². The molecule has 0 saturated carbocycles. The third-order valence-corrected chi connectivity index (χ3v) is 4.32. The van der Waals surface area contributed by atoms with Gasteiger partial charge in [0.25, 0.3) is 0 Å². The summed E-state index contributed by atoms with van der Waals surface area (Å²) in [6.07, 6.45) is 3.60. The molecule has 0 fully saturated rings. The number of nitrogens with zero attached hydrogens (tertiary/aromatic N) is 3. The van der Waals surface area contributed by atoms with Crippen LogP contribution >= 0.6 is 11.6 Å². The van der Waals surface area contributed by atoms with E-state index in [4.69, 9.17) is 16.3 Å². The van der Waals surface area contributed by atoms with Gasteiger partial charge in [-0.1, -0.05) is 11.6 Å². The molecule has 0 radical (unpaired) electrons. The van der Waals surface area contributed by atoms with Crippen molar-refractivity contribution in [3.63, 3.8) is 0 Å². The van der Waals surface area contributed by atoms with E-state index in [2.05, 4.69) is 36.2 Å². The summed E-state index contributed by atoms with van der Waals surface area (Å²) in [6.45, 7) is 10.3. The number of halogens is 1. The van der Waals surface area contributed by atoms with Crippen molar-refractivity contribution >= 4 is 23.6 Å². The maximum Gasteiger partial charge on any atom is 0.238 e. The Bertz CT molecular complexity index is 985. The minimum atomic E-state index is -0.0155. The summed E-state index contributed by atoms with van der Waals surface area (Å²) in [7, 11) is 0. The molecule has 146 valence electrons. The van der Waals surface area contributed by atoms with Crippen LogP contribution in [-0.2, 0) is 0 Å². The summed E-state index contributed by atoms with van der Waals surface area (Å²) in [4.78, 5) is 4.53. The molecule has 0 saturated heterocycles. The number of hydrogen-bond donors (Lipinski definition) is 1. The van der Waals surface area contributed by atoms with Crippen LogP contribution in [0.3, 0.4) is 0 Å². The number of aliphatic imine (C=N–C) groups is 1. The van der Waals surface area contributed by atoms with E-state index in [0.29, 0.717) is 10.9 Å². The van der Waals surface area contributed by atoms with E-state index in [1.54, 1.807) is 11.0 Å². The van der Waals surface area contributed by atoms with Crippen molar-refractivity contribution in [1.82, 2.24) is 15.1 Å². The van der Waals surface area contributed by atoms with Gasteiger partial charge in [0.05, 0.1) is 17.7 Å². The number of ether oxygens (including phenoxy) is 1. The first-order valence-corrected chi connectivity index (χ1v) is 9.50. The number of hydrogen-bond acceptors (Lipinski definition) is 3. The number of benzene rings is 2. The van der Waals surface area contributed by atoms with Gasteiger partial charge in [0.2, 0.25) is 5.88 Å². The van der Waals surface area contributed by atoms with Crippen molar-refractivity contribution in [1.29, 1.82) is 0 Å². The summed E-state index contributed by atoms with van der Waals surface area (Å²) < 4.78 is 7.76. The zero-order valence-electron chi connectivity index (χ0n) is 16.8. The molecule has 0 aliphatic carbocycles. The van der Waals surface area contributed by atoms with E-state index in [1.165, 1.54) is 0 Å². The molecule has 1 aromatic heterocycles. The van der Waals surface area contributed by atoms with E-state index in [1.807, 2.05) is 62.5 Å². The molecule has 1 heterocycles. The Balaban J connectivity index is 1.76. The molecule has 1 N–H and O–H groups in total. The van der Waals surface area contributed by atoms with Crippen LogP contribution < -0.4 is 10.1 Å². The Morgan fingerprint density at radius 2 is 1.79 bits per heavy atom. The van der Waals surface area contributed by atoms with Gasteiger partial charge in [0.1, 0.15) is 5.75 Å². The summed E-state index contributed by atoms with van der Waals surface area (Å²) in [5.74, 6) is 1.30. The summed E-state index contributed by atoms with van der Waals surface area (Å²) in [6, 6.07) is 13.3. The van der Waals surface area contributed by atoms with Crippen LogP contribution in [0.2, 0.25) is 5.02 Å². The Morgan fingerprint density at radius 3 is 2.46 bits per heavy atom. The second kappa shape index (κ2) is 8.07. The highest BCUT2D eigenvalue weighted by Gasteiger charge is 2.10. The molecular formula is C22H25ClN4O. The highest BCUT2D eigenvalue weighted by atomic mass is 35.5. The highest BCUT2D eigenvalue weighted by Crippen LogP contribution is 2.31. The maximum atomic E-state index is 6.00. The maximum absolute atomic E-state index is 6.00. The standard InChI is InChI=1S/C22H25ClN4O/c1-15-13-20(16(2)12-19(15)24-14-25-22(3,4)5)28-21-10-11-27(26-21)18-8-6-17(23)7-9-18/h6-14H,1-5H3,(H,24,25). The summed E-state index contributed by atoms with van der Waals surface area (Å²) >= 11 is 5.94. The quantitative estimate of drug-likeness (QED) is 0.426. The average molecular weight is 397 g/mol. The van der Waals surface area contributed by atoms with Gasteiger partial charge in [0, 0.05) is 22.8 Å². The van der Waals surface area contributed by atoms with Crippen LogP contribution in [0.15, 0.2) is 53.7 Å². The molecule has 28 heavy (non-hydrogen) atoms. The third kappa shape index (κ3) is 5.14. The predicted molar refractivity (Wildman–Crippen MR) is 116 cm³/mol. The van der Waals surface area contributed by atoms with Crippen LogP contribution in [0.1, 0.15) is 31.9 Å². The van der Waals surface area contributed by atoms with Crippen LogP contribution in [-0.4, -0.2) is 21.7 Å². The lowest BCUT2D eigenvalue weighted by Gasteiger charge is -2.18. The highest BCUT2D eigenvalue weighted by molar-refractivity contribution is 6.30. The zero-order valence-corrected chi connectivity index (χ0v) is 17.6. The van der Waals surface area contributed by atoms with Gasteiger partial charge < -0.3 is 10.1 Å². The number of aromatic nitrogens is 2. The Morgan fingerprint density at radius 1 is 1.07 bits per heavy atom. The molecule has 5 nitrogen and oxygen atoms in total. The summed E-state index contributed by atoms with van der Waals surface area (Å²) in [5, 5.41) is 8.43. The fourth-order valence-corrected chi connectivity index (χ4v) is 2.66. The average Bonchev–Trinajstić information content (AvgIpc) is 3.07. The molecule has 0 amide bonds. The molecule has 0 spiro atoms. The number of aryl methyl sites for hydroxylation is 2. The SMILES string of the molecule is Cc1cc(Oc2ccn(-c3ccc(Cl)cc3)n2)c(C)cc1/N=C/NC(C)(C)C. The monoisotopic (exact) mass is 396 g/mol. The van der Waals surface area contributed by atoms with Crippen molar-refractivity contribution in [2.24, 2.45) is 4.99 Å². The zero-order chi connectivity index (χ0) is 20.3. The molecule has 3 aromatic rings. The number of nitrogens with one attached hydrogen (secondary N) is 1. The first-order chi connectivity index (χ1) is 13.2. The van der Waals surface area contributed by atoms with Crippen molar-refractivity contribution in [2.45, 2.75) is 40.2 Å². The third-order valence-electron chi connectivity index (χ3n) is 4.07. The van der Waals surface area contributed by atoms with Gasteiger partial charge in [-0.3, -0.25) is 0 Å². The van der Waals surface area contributed by atoms with Gasteiger partial charge >= 0.3 is 0 Å². The lowest BCUT2D eigenvalue weighted by atomic mass is 10.1. The van der Waals surface area contributed by atoms with E-state index < -0.39 is 0 Å². The normalized spacial score (nSPS) is 11.8. The minimum absolute atomic E-state index is 0.0155. The van der Waals surface area contributed by atoms with Crippen molar-refractivity contribution < 1.29 is 4.74 Å². The fraction of sp³-hybridized carbons (Fsp3) is 0.273. The molecule has 0 unspecified atom stereocenters. The molecule has 6 heteroatoms. The fourth-order valence-electron chi connectivity index (χ4n) is 2.53. The van der Waals surface area contributed by atoms with Gasteiger partial charge in [-0.25, -0.2) is 9.67 Å². The van der Waals surface area contributed by atoms with Crippen molar-refractivity contribution in [3.05, 3.63) is 64.8 Å². The second-order valence-electron chi connectivity index (χ2n) is 7.73. The van der Waals surface area contributed by atoms with Crippen LogP contribution in [0.4, 0.5) is 5.69 Å². The van der Waals surface area contributed by atoms with Crippen LogP contribution in [0, 0.1) is 13.8 Å². The van der Waals surface area contributed by atoms with Crippen LogP contribution in [0.25, 0.3) is 5.69 Å². The van der Waals surface area contributed by atoms with E-state index >= 15 is 0 Å². The molecule has 0 bridgehead atoms. The lowest BCUT2D eigenvalue weighted by molar-refractivity contribution is 0.454. The van der Waals surface area contributed by atoms with Crippen molar-refractivity contribution in [3.8, 4) is 17.3 Å². The second-order valence-corrected chi connectivity index (χ2v) is 8.17.